The number of benzene rings is 2. The first kappa shape index (κ1) is 27.9. The number of aliphatic carboxylic acids is 1. The monoisotopic (exact) mass is 572 g/mol. The zero-order valence-corrected chi connectivity index (χ0v) is 22.6. The van der Waals surface area contributed by atoms with Crippen LogP contribution >= 0.6 is 11.8 Å². The van der Waals surface area contributed by atoms with Gasteiger partial charge in [0.1, 0.15) is 0 Å². The smallest absolute Gasteiger partial charge is 0.416 e. The molecular weight excluding hydrogens is 545 g/mol. The number of piperidine rings is 1. The van der Waals surface area contributed by atoms with Gasteiger partial charge in [-0.2, -0.15) is 23.3 Å². The molecule has 2 aliphatic heterocycles. The molecule has 8 nitrogen and oxygen atoms in total. The van der Waals surface area contributed by atoms with Crippen molar-refractivity contribution in [3.63, 3.8) is 0 Å². The summed E-state index contributed by atoms with van der Waals surface area (Å²) in [5.74, 6) is -1.56. The summed E-state index contributed by atoms with van der Waals surface area (Å²) in [5, 5.41) is 24.9. The molecule has 1 aromatic heterocycles. The molecule has 0 radical (unpaired) electrons. The largest absolute Gasteiger partial charge is 0.481 e. The van der Waals surface area contributed by atoms with Gasteiger partial charge < -0.3 is 15.1 Å². The van der Waals surface area contributed by atoms with Crippen LogP contribution < -0.4 is 0 Å². The van der Waals surface area contributed by atoms with Crippen LogP contribution in [0.3, 0.4) is 0 Å². The number of aromatic nitrogens is 2. The van der Waals surface area contributed by atoms with E-state index in [2.05, 4.69) is 10.1 Å². The summed E-state index contributed by atoms with van der Waals surface area (Å²) in [6, 6.07) is 9.15. The average Bonchev–Trinajstić information content (AvgIpc) is 3.45. The number of fused-ring (bicyclic) bond motifs is 1. The van der Waals surface area contributed by atoms with Crippen LogP contribution in [0.5, 0.6) is 0 Å². The number of amides is 1. The first-order valence-electron chi connectivity index (χ1n) is 12.7. The molecule has 3 aromatic rings. The van der Waals surface area contributed by atoms with Crippen LogP contribution in [0.1, 0.15) is 48.9 Å². The fourth-order valence-electron chi connectivity index (χ4n) is 4.84. The van der Waals surface area contributed by atoms with E-state index in [0.29, 0.717) is 46.9 Å². The van der Waals surface area contributed by atoms with Crippen LogP contribution in [-0.4, -0.2) is 55.0 Å². The van der Waals surface area contributed by atoms with Crippen LogP contribution in [-0.2, 0) is 27.9 Å². The van der Waals surface area contributed by atoms with E-state index in [1.54, 1.807) is 30.5 Å². The molecule has 0 bridgehead atoms. The SMILES string of the molecule is CC(C)(O)c1ccc(Cn2ncc3cc(C=C4SC(N5CCC(C(=O)O)CC5)=NC4=O)ccc32)c(C(F)(F)F)c1. The number of aliphatic imine (C=N–C) groups is 1. The fourth-order valence-corrected chi connectivity index (χ4v) is 5.81. The number of carboxylic acids is 1. The number of halogens is 3. The van der Waals surface area contributed by atoms with Gasteiger partial charge in [0.25, 0.3) is 5.91 Å². The lowest BCUT2D eigenvalue weighted by molar-refractivity contribution is -0.143. The van der Waals surface area contributed by atoms with Gasteiger partial charge in [-0.05, 0) is 79.4 Å². The topological polar surface area (TPSA) is 108 Å². The Bertz CT molecular complexity index is 1550. The number of nitrogens with zero attached hydrogens (tertiary/aromatic N) is 4. The Labute approximate surface area is 232 Å². The van der Waals surface area contributed by atoms with E-state index in [-0.39, 0.29) is 29.5 Å². The van der Waals surface area contributed by atoms with E-state index in [4.69, 9.17) is 0 Å². The van der Waals surface area contributed by atoms with Crippen LogP contribution in [0.2, 0.25) is 0 Å². The number of carboxylic acid groups (broad SMARTS) is 1. The van der Waals surface area contributed by atoms with Gasteiger partial charge in [0.15, 0.2) is 5.17 Å². The van der Waals surface area contributed by atoms with Gasteiger partial charge >= 0.3 is 12.1 Å². The fraction of sp³-hybridized carbons (Fsp3) is 0.357. The number of hydrogen-bond donors (Lipinski definition) is 2. The number of amidine groups is 1. The molecule has 1 saturated heterocycles. The Kier molecular flexibility index (Phi) is 7.26. The highest BCUT2D eigenvalue weighted by Crippen LogP contribution is 2.36. The second-order valence-corrected chi connectivity index (χ2v) is 11.5. The molecule has 0 unspecified atom stereocenters. The number of hydrogen-bond acceptors (Lipinski definition) is 6. The van der Waals surface area contributed by atoms with Crippen molar-refractivity contribution in [2.24, 2.45) is 10.9 Å². The van der Waals surface area contributed by atoms with E-state index in [1.807, 2.05) is 4.90 Å². The molecule has 210 valence electrons. The predicted molar refractivity (Wildman–Crippen MR) is 145 cm³/mol. The predicted octanol–water partition coefficient (Wildman–Crippen LogP) is 5.10. The number of carbonyl (C=O) groups excluding carboxylic acids is 1. The van der Waals surface area contributed by atoms with Gasteiger partial charge in [0.2, 0.25) is 0 Å². The van der Waals surface area contributed by atoms with Gasteiger partial charge in [-0.25, -0.2) is 0 Å². The Morgan fingerprint density at radius 2 is 1.88 bits per heavy atom. The second-order valence-electron chi connectivity index (χ2n) is 10.5. The minimum Gasteiger partial charge on any atom is -0.481 e. The highest BCUT2D eigenvalue weighted by Gasteiger charge is 2.35. The highest BCUT2D eigenvalue weighted by atomic mass is 32.2. The van der Waals surface area contributed by atoms with Crippen molar-refractivity contribution in [1.29, 1.82) is 0 Å². The standard InChI is InChI=1S/C28H27F3N4O4S/c1-27(2,39)20-5-4-18(21(13-20)28(29,30)31)15-35-22-6-3-16(11-19(22)14-32-35)12-23-24(36)33-26(40-23)34-9-7-17(8-10-34)25(37)38/h3-6,11-14,17,39H,7-10,15H2,1-2H3,(H,37,38). The summed E-state index contributed by atoms with van der Waals surface area (Å²) in [5.41, 5.74) is -0.689. The van der Waals surface area contributed by atoms with Gasteiger partial charge in [0, 0.05) is 18.5 Å². The molecule has 0 spiro atoms. The maximum Gasteiger partial charge on any atom is 0.416 e. The zero-order valence-electron chi connectivity index (χ0n) is 21.8. The molecule has 2 N–H and O–H groups in total. The van der Waals surface area contributed by atoms with E-state index in [9.17, 15) is 33.0 Å². The zero-order chi connectivity index (χ0) is 28.8. The Morgan fingerprint density at radius 3 is 2.52 bits per heavy atom. The van der Waals surface area contributed by atoms with Gasteiger partial charge in [0.05, 0.1) is 40.2 Å². The molecule has 0 aliphatic carbocycles. The van der Waals surface area contributed by atoms with Crippen LogP contribution in [0.15, 0.2) is 52.5 Å². The van der Waals surface area contributed by atoms with E-state index >= 15 is 0 Å². The third-order valence-electron chi connectivity index (χ3n) is 7.13. The average molecular weight is 573 g/mol. The molecule has 1 amide bonds. The number of alkyl halides is 3. The lowest BCUT2D eigenvalue weighted by Crippen LogP contribution is -2.38. The Morgan fingerprint density at radius 1 is 1.15 bits per heavy atom. The Balaban J connectivity index is 1.34. The first-order valence-corrected chi connectivity index (χ1v) is 13.5. The number of rotatable bonds is 5. The van der Waals surface area contributed by atoms with E-state index in [0.717, 1.165) is 11.6 Å². The summed E-state index contributed by atoms with van der Waals surface area (Å²) in [7, 11) is 0. The van der Waals surface area contributed by atoms with Gasteiger partial charge in [-0.1, -0.05) is 18.2 Å². The molecule has 1 fully saturated rings. The molecule has 2 aliphatic rings. The summed E-state index contributed by atoms with van der Waals surface area (Å²) < 4.78 is 43.0. The molecule has 3 heterocycles. The summed E-state index contributed by atoms with van der Waals surface area (Å²) in [4.78, 5) is 30.3. The van der Waals surface area contributed by atoms with Crippen molar-refractivity contribution in [1.82, 2.24) is 14.7 Å². The van der Waals surface area contributed by atoms with Crippen molar-refractivity contribution in [2.45, 2.75) is 45.0 Å². The lowest BCUT2D eigenvalue weighted by atomic mass is 9.93. The molecule has 0 saturated carbocycles. The Hall–Kier alpha value is -3.64. The summed E-state index contributed by atoms with van der Waals surface area (Å²) >= 11 is 1.24. The van der Waals surface area contributed by atoms with Gasteiger partial charge in [-0.3, -0.25) is 14.3 Å². The number of likely N-dealkylation sites (tertiary alicyclic amines) is 1. The number of aliphatic hydroxyl groups is 1. The third-order valence-corrected chi connectivity index (χ3v) is 8.17. The van der Waals surface area contributed by atoms with Gasteiger partial charge in [-0.15, -0.1) is 0 Å². The van der Waals surface area contributed by atoms with Crippen LogP contribution in [0, 0.1) is 5.92 Å². The minimum absolute atomic E-state index is 0.0294. The number of thioether (sulfide) groups is 1. The minimum atomic E-state index is -4.60. The molecule has 2 aromatic carbocycles. The van der Waals surface area contributed by atoms with Crippen LogP contribution in [0.4, 0.5) is 13.2 Å². The van der Waals surface area contributed by atoms with Crippen molar-refractivity contribution in [3.8, 4) is 0 Å². The van der Waals surface area contributed by atoms with E-state index < -0.39 is 23.3 Å². The maximum absolute atomic E-state index is 13.8. The summed E-state index contributed by atoms with van der Waals surface area (Å²) in [6.45, 7) is 3.79. The number of carbonyl (C=O) groups is 2. The first-order chi connectivity index (χ1) is 18.8. The molecule has 5 rings (SSSR count). The molecule has 12 heteroatoms. The van der Waals surface area contributed by atoms with Crippen molar-refractivity contribution >= 4 is 45.8 Å². The normalized spacial score (nSPS) is 18.1. The quantitative estimate of drug-likeness (QED) is 0.410. The lowest BCUT2D eigenvalue weighted by Gasteiger charge is -2.30. The molecule has 40 heavy (non-hydrogen) atoms. The summed E-state index contributed by atoms with van der Waals surface area (Å²) in [6.07, 6.45) is -0.333. The molecular formula is C28H27F3N4O4S. The van der Waals surface area contributed by atoms with Crippen molar-refractivity contribution in [3.05, 3.63) is 69.8 Å². The highest BCUT2D eigenvalue weighted by molar-refractivity contribution is 8.18. The third kappa shape index (κ3) is 5.78. The van der Waals surface area contributed by atoms with Crippen molar-refractivity contribution < 1.29 is 33.0 Å². The maximum atomic E-state index is 13.8. The second kappa shape index (κ2) is 10.4. The van der Waals surface area contributed by atoms with Crippen LogP contribution in [0.25, 0.3) is 17.0 Å². The molecule has 0 atom stereocenters. The van der Waals surface area contributed by atoms with Crippen molar-refractivity contribution in [2.75, 3.05) is 13.1 Å². The van der Waals surface area contributed by atoms with E-state index in [1.165, 1.54) is 42.4 Å².